The second-order valence-electron chi connectivity index (χ2n) is 5.49. The summed E-state index contributed by atoms with van der Waals surface area (Å²) in [5.41, 5.74) is 0. The van der Waals surface area contributed by atoms with Crippen molar-refractivity contribution in [3.8, 4) is 0 Å². The number of hydrogen-bond acceptors (Lipinski definition) is 3. The van der Waals surface area contributed by atoms with E-state index in [0.29, 0.717) is 7.11 Å². The van der Waals surface area contributed by atoms with Crippen molar-refractivity contribution in [2.75, 3.05) is 7.11 Å². The Kier molecular flexibility index (Phi) is 5.64. The second kappa shape index (κ2) is 6.44. The van der Waals surface area contributed by atoms with Crippen molar-refractivity contribution in [2.45, 2.75) is 53.9 Å². The Bertz CT molecular complexity index is 652. The molecular weight excluding hydrogens is 465 g/mol. The Morgan fingerprint density at radius 1 is 0.655 bits per heavy atom. The van der Waals surface area contributed by atoms with Crippen LogP contribution in [0.25, 0.3) is 0 Å². The van der Waals surface area contributed by atoms with E-state index in [1.54, 1.807) is 0 Å². The van der Waals surface area contributed by atoms with Gasteiger partial charge in [0.15, 0.2) is 12.2 Å². The molecule has 0 aromatic carbocycles. The molecule has 29 heavy (non-hydrogen) atoms. The smallest absolute Gasteiger partial charge is 0.460 e. The number of epoxide rings is 1. The summed E-state index contributed by atoms with van der Waals surface area (Å²) in [5, 5.41) is 0. The molecule has 0 bridgehead atoms. The van der Waals surface area contributed by atoms with Crippen LogP contribution in [0.2, 0.25) is 0 Å². The van der Waals surface area contributed by atoms with Gasteiger partial charge in [0.2, 0.25) is 0 Å². The summed E-state index contributed by atoms with van der Waals surface area (Å²) in [5.74, 6) is -49.2. The minimum atomic E-state index is -8.37. The van der Waals surface area contributed by atoms with Gasteiger partial charge in [-0.25, -0.2) is 4.79 Å². The highest BCUT2D eigenvalue weighted by Gasteiger charge is 2.94. The van der Waals surface area contributed by atoms with Crippen molar-refractivity contribution in [2.24, 2.45) is 0 Å². The molecule has 1 saturated heterocycles. The van der Waals surface area contributed by atoms with Crippen LogP contribution in [0, 0.1) is 0 Å². The average molecular weight is 470 g/mol. The van der Waals surface area contributed by atoms with Crippen LogP contribution in [0.3, 0.4) is 0 Å². The number of esters is 1. The van der Waals surface area contributed by atoms with Gasteiger partial charge < -0.3 is 9.47 Å². The zero-order valence-corrected chi connectivity index (χ0v) is 13.0. The molecule has 0 spiro atoms. The number of hydrogen-bond donors (Lipinski definition) is 0. The molecule has 0 saturated carbocycles. The van der Waals surface area contributed by atoms with Crippen LogP contribution in [0.5, 0.6) is 0 Å². The van der Waals surface area contributed by atoms with Crippen LogP contribution >= 0.6 is 0 Å². The molecule has 0 amide bonds. The Labute approximate surface area is 148 Å². The van der Waals surface area contributed by atoms with Crippen LogP contribution in [0.15, 0.2) is 0 Å². The van der Waals surface area contributed by atoms with Crippen LogP contribution in [0.4, 0.5) is 65.9 Å². The number of carbonyl (C=O) groups excluding carboxylic acids is 1. The molecule has 0 radical (unpaired) electrons. The zero-order chi connectivity index (χ0) is 23.6. The molecule has 0 aromatic rings. The van der Waals surface area contributed by atoms with Gasteiger partial charge in [-0.05, 0) is 0 Å². The fourth-order valence-electron chi connectivity index (χ4n) is 1.84. The van der Waals surface area contributed by atoms with Crippen molar-refractivity contribution >= 4 is 5.97 Å². The summed E-state index contributed by atoms with van der Waals surface area (Å²) in [7, 11) is 0.444. The number of ether oxygens (including phenoxy) is 2. The molecule has 3 nitrogen and oxygen atoms in total. The average Bonchev–Trinajstić information content (AvgIpc) is 3.33. The molecule has 1 aliphatic rings. The van der Waals surface area contributed by atoms with E-state index < -0.39 is 59.9 Å². The van der Waals surface area contributed by atoms with Gasteiger partial charge in [0.1, 0.15) is 0 Å². The third-order valence-electron chi connectivity index (χ3n) is 3.63. The number of halogens is 15. The molecule has 1 fully saturated rings. The highest BCUT2D eigenvalue weighted by Crippen LogP contribution is 2.63. The first-order valence-electron chi connectivity index (χ1n) is 6.53. The van der Waals surface area contributed by atoms with E-state index in [1.807, 2.05) is 0 Å². The van der Waals surface area contributed by atoms with Crippen LogP contribution < -0.4 is 0 Å². The van der Waals surface area contributed by atoms with Crippen molar-refractivity contribution in [3.63, 3.8) is 0 Å². The standard InChI is InChI=1S/C11H5F15O3/c1-28-4(27)2-3(29-2)5(12,13)6(14,15)7(16,17)8(18,19)9(20,21)10(22,23)11(24,25)26/h2-3H,1H3/t2-,3+/m1/s1. The van der Waals surface area contributed by atoms with E-state index in [-0.39, 0.29) is 0 Å². The summed E-state index contributed by atoms with van der Waals surface area (Å²) in [6, 6.07) is 0. The lowest BCUT2D eigenvalue weighted by Crippen LogP contribution is -2.73. The number of carbonyl (C=O) groups is 1. The minimum Gasteiger partial charge on any atom is -0.467 e. The number of alkyl halides is 15. The van der Waals surface area contributed by atoms with E-state index >= 15 is 0 Å². The van der Waals surface area contributed by atoms with Gasteiger partial charge in [0.25, 0.3) is 0 Å². The molecule has 18 heteroatoms. The summed E-state index contributed by atoms with van der Waals surface area (Å²) in [6.07, 6.45) is -14.1. The first-order chi connectivity index (χ1) is 12.5. The lowest BCUT2D eigenvalue weighted by Gasteiger charge is -2.41. The Morgan fingerprint density at radius 3 is 1.34 bits per heavy atom. The van der Waals surface area contributed by atoms with Gasteiger partial charge in [-0.3, -0.25) is 0 Å². The quantitative estimate of drug-likeness (QED) is 0.317. The topological polar surface area (TPSA) is 38.8 Å². The minimum absolute atomic E-state index is 0.444. The molecule has 0 aliphatic carbocycles. The van der Waals surface area contributed by atoms with Gasteiger partial charge in [0, 0.05) is 0 Å². The number of rotatable bonds is 7. The molecule has 1 aliphatic heterocycles. The van der Waals surface area contributed by atoms with Crippen LogP contribution in [0.1, 0.15) is 0 Å². The summed E-state index contributed by atoms with van der Waals surface area (Å²) >= 11 is 0. The second-order valence-corrected chi connectivity index (χ2v) is 5.49. The maximum absolute atomic E-state index is 13.5. The molecule has 2 atom stereocenters. The SMILES string of the molecule is COC(=O)[C@@H]1O[C@@H]1C(F)(F)C(F)(F)C(F)(F)C(F)(F)C(F)(F)C(F)(F)C(F)(F)F. The van der Waals surface area contributed by atoms with Crippen molar-refractivity contribution in [1.29, 1.82) is 0 Å². The van der Waals surface area contributed by atoms with E-state index in [4.69, 9.17) is 0 Å². The molecular formula is C11H5F15O3. The Balaban J connectivity index is 3.45. The summed E-state index contributed by atoms with van der Waals surface area (Å²) < 4.78 is 201. The maximum Gasteiger partial charge on any atom is 0.460 e. The number of methoxy groups -OCH3 is 1. The van der Waals surface area contributed by atoms with Crippen LogP contribution in [-0.2, 0) is 14.3 Å². The van der Waals surface area contributed by atoms with Gasteiger partial charge in [-0.1, -0.05) is 0 Å². The van der Waals surface area contributed by atoms with E-state index in [1.165, 1.54) is 0 Å². The monoisotopic (exact) mass is 470 g/mol. The van der Waals surface area contributed by atoms with Crippen molar-refractivity contribution in [3.05, 3.63) is 0 Å². The predicted octanol–water partition coefficient (Wildman–Crippen LogP) is 4.30. The van der Waals surface area contributed by atoms with Crippen molar-refractivity contribution < 1.29 is 80.1 Å². The van der Waals surface area contributed by atoms with Crippen molar-refractivity contribution in [1.82, 2.24) is 0 Å². The van der Waals surface area contributed by atoms with Gasteiger partial charge in [-0.2, -0.15) is 65.9 Å². The molecule has 1 rings (SSSR count). The Hall–Kier alpha value is -1.62. The predicted molar refractivity (Wildman–Crippen MR) is 56.4 cm³/mol. The third kappa shape index (κ3) is 3.17. The highest BCUT2D eigenvalue weighted by molar-refractivity contribution is 5.78. The van der Waals surface area contributed by atoms with E-state index in [0.717, 1.165) is 0 Å². The van der Waals surface area contributed by atoms with E-state index in [9.17, 15) is 70.7 Å². The lowest BCUT2D eigenvalue weighted by atomic mass is 9.89. The largest absolute Gasteiger partial charge is 0.467 e. The van der Waals surface area contributed by atoms with Gasteiger partial charge in [0.05, 0.1) is 7.11 Å². The van der Waals surface area contributed by atoms with Gasteiger partial charge >= 0.3 is 47.7 Å². The summed E-state index contributed by atoms with van der Waals surface area (Å²) in [6.45, 7) is 0. The molecule has 172 valence electrons. The Morgan fingerprint density at radius 2 is 1.00 bits per heavy atom. The third-order valence-corrected chi connectivity index (χ3v) is 3.63. The lowest BCUT2D eigenvalue weighted by molar-refractivity contribution is -0.453. The first-order valence-corrected chi connectivity index (χ1v) is 6.53. The fourth-order valence-corrected chi connectivity index (χ4v) is 1.84. The zero-order valence-electron chi connectivity index (χ0n) is 13.0. The van der Waals surface area contributed by atoms with Gasteiger partial charge in [-0.15, -0.1) is 0 Å². The highest BCUT2D eigenvalue weighted by atomic mass is 19.4. The molecule has 1 heterocycles. The molecule has 0 N–H and O–H groups in total. The molecule has 0 unspecified atom stereocenters. The summed E-state index contributed by atoms with van der Waals surface area (Å²) in [4.78, 5) is 10.8. The normalized spacial score (nSPS) is 22.5. The first kappa shape index (κ1) is 25.4. The van der Waals surface area contributed by atoms with E-state index in [2.05, 4.69) is 9.47 Å². The molecule has 0 aromatic heterocycles. The fraction of sp³-hybridized carbons (Fsp3) is 0.909. The maximum atomic E-state index is 13.5. The van der Waals surface area contributed by atoms with Crippen LogP contribution in [-0.4, -0.2) is 67.0 Å².